The standard InChI is InChI=1S/C15H19ClN2O4/c1-10(19)18(2)9-14(20)17-8-11-6-12(16)15-13(7-11)21-4-3-5-22-15/h6-7H,3-5,8-9H2,1-2H3,(H,17,20). The van der Waals surface area contributed by atoms with Gasteiger partial charge in [0.05, 0.1) is 24.8 Å². The zero-order valence-electron chi connectivity index (χ0n) is 12.6. The van der Waals surface area contributed by atoms with Crippen LogP contribution in [0.1, 0.15) is 18.9 Å². The van der Waals surface area contributed by atoms with Crippen molar-refractivity contribution in [1.29, 1.82) is 0 Å². The van der Waals surface area contributed by atoms with Crippen LogP contribution in [0.5, 0.6) is 11.5 Å². The van der Waals surface area contributed by atoms with Gasteiger partial charge in [-0.1, -0.05) is 11.6 Å². The number of halogens is 1. The van der Waals surface area contributed by atoms with E-state index in [0.717, 1.165) is 12.0 Å². The molecule has 6 nitrogen and oxygen atoms in total. The van der Waals surface area contributed by atoms with Crippen molar-refractivity contribution in [1.82, 2.24) is 10.2 Å². The van der Waals surface area contributed by atoms with Gasteiger partial charge in [-0.3, -0.25) is 9.59 Å². The average Bonchev–Trinajstić information content (AvgIpc) is 2.70. The molecule has 120 valence electrons. The molecular formula is C15H19ClN2O4. The summed E-state index contributed by atoms with van der Waals surface area (Å²) in [4.78, 5) is 24.2. The molecule has 0 saturated heterocycles. The molecule has 1 aromatic rings. The lowest BCUT2D eigenvalue weighted by Crippen LogP contribution is -2.37. The Hall–Kier alpha value is -1.95. The number of amides is 2. The first kappa shape index (κ1) is 16.4. The van der Waals surface area contributed by atoms with E-state index in [4.69, 9.17) is 21.1 Å². The number of nitrogens with one attached hydrogen (secondary N) is 1. The van der Waals surface area contributed by atoms with E-state index >= 15 is 0 Å². The van der Waals surface area contributed by atoms with Gasteiger partial charge in [-0.2, -0.15) is 0 Å². The number of rotatable bonds is 4. The molecule has 0 bridgehead atoms. The highest BCUT2D eigenvalue weighted by molar-refractivity contribution is 6.32. The van der Waals surface area contributed by atoms with Gasteiger partial charge in [-0.15, -0.1) is 0 Å². The van der Waals surface area contributed by atoms with Crippen LogP contribution in [0.4, 0.5) is 0 Å². The summed E-state index contributed by atoms with van der Waals surface area (Å²) in [7, 11) is 1.58. The van der Waals surface area contributed by atoms with Crippen LogP contribution < -0.4 is 14.8 Å². The number of carbonyl (C=O) groups excluding carboxylic acids is 2. The van der Waals surface area contributed by atoms with Gasteiger partial charge in [0, 0.05) is 26.9 Å². The Labute approximate surface area is 134 Å². The van der Waals surface area contributed by atoms with Crippen LogP contribution in [0.2, 0.25) is 5.02 Å². The first-order valence-corrected chi connectivity index (χ1v) is 7.41. The number of ether oxygens (including phenoxy) is 2. The summed E-state index contributed by atoms with van der Waals surface area (Å²) < 4.78 is 11.1. The molecule has 7 heteroatoms. The fourth-order valence-corrected chi connectivity index (χ4v) is 2.26. The quantitative estimate of drug-likeness (QED) is 0.912. The number of benzene rings is 1. The Bertz CT molecular complexity index is 577. The minimum Gasteiger partial charge on any atom is -0.489 e. The third kappa shape index (κ3) is 4.27. The van der Waals surface area contributed by atoms with Crippen LogP contribution in [-0.2, 0) is 16.1 Å². The second kappa shape index (κ2) is 7.35. The van der Waals surface area contributed by atoms with Crippen molar-refractivity contribution in [3.05, 3.63) is 22.7 Å². The highest BCUT2D eigenvalue weighted by atomic mass is 35.5. The first-order valence-electron chi connectivity index (χ1n) is 7.04. The fraction of sp³-hybridized carbons (Fsp3) is 0.467. The minimum absolute atomic E-state index is 0.0214. The van der Waals surface area contributed by atoms with Gasteiger partial charge in [0.2, 0.25) is 11.8 Å². The molecule has 0 unspecified atom stereocenters. The number of carbonyl (C=O) groups is 2. The van der Waals surface area contributed by atoms with Gasteiger partial charge in [-0.25, -0.2) is 0 Å². The number of fused-ring (bicyclic) bond motifs is 1. The molecule has 0 spiro atoms. The molecule has 0 radical (unpaired) electrons. The zero-order chi connectivity index (χ0) is 16.1. The summed E-state index contributed by atoms with van der Waals surface area (Å²) in [5.74, 6) is 0.746. The topological polar surface area (TPSA) is 67.9 Å². The van der Waals surface area contributed by atoms with Crippen molar-refractivity contribution in [2.75, 3.05) is 26.8 Å². The highest BCUT2D eigenvalue weighted by Gasteiger charge is 2.16. The molecule has 0 aromatic heterocycles. The summed E-state index contributed by atoms with van der Waals surface area (Å²) >= 11 is 6.19. The molecule has 1 aromatic carbocycles. The normalized spacial score (nSPS) is 13.2. The monoisotopic (exact) mass is 326 g/mol. The summed E-state index contributed by atoms with van der Waals surface area (Å²) in [6.45, 7) is 2.88. The van der Waals surface area contributed by atoms with Gasteiger partial charge in [-0.05, 0) is 17.7 Å². The van der Waals surface area contributed by atoms with Gasteiger partial charge in [0.25, 0.3) is 0 Å². The number of nitrogens with zero attached hydrogens (tertiary/aromatic N) is 1. The predicted octanol–water partition coefficient (Wildman–Crippen LogP) is 1.60. The van der Waals surface area contributed by atoms with Crippen molar-refractivity contribution < 1.29 is 19.1 Å². The Kier molecular flexibility index (Phi) is 5.49. The lowest BCUT2D eigenvalue weighted by molar-refractivity contribution is -0.133. The van der Waals surface area contributed by atoms with E-state index in [1.807, 2.05) is 6.07 Å². The van der Waals surface area contributed by atoms with Crippen LogP contribution in [0.15, 0.2) is 12.1 Å². The predicted molar refractivity (Wildman–Crippen MR) is 82.2 cm³/mol. The van der Waals surface area contributed by atoms with E-state index in [-0.39, 0.29) is 18.4 Å². The number of likely N-dealkylation sites (N-methyl/N-ethyl adjacent to an activating group) is 1. The zero-order valence-corrected chi connectivity index (χ0v) is 13.4. The molecule has 0 atom stereocenters. The Balaban J connectivity index is 1.99. The Morgan fingerprint density at radius 3 is 2.77 bits per heavy atom. The van der Waals surface area contributed by atoms with Crippen molar-refractivity contribution in [2.45, 2.75) is 19.9 Å². The van der Waals surface area contributed by atoms with Gasteiger partial charge in [0.1, 0.15) is 0 Å². The van der Waals surface area contributed by atoms with Crippen molar-refractivity contribution >= 4 is 23.4 Å². The second-order valence-corrected chi connectivity index (χ2v) is 5.51. The van der Waals surface area contributed by atoms with Gasteiger partial charge < -0.3 is 19.7 Å². The van der Waals surface area contributed by atoms with Crippen LogP contribution in [0, 0.1) is 0 Å². The molecule has 22 heavy (non-hydrogen) atoms. The van der Waals surface area contributed by atoms with Crippen molar-refractivity contribution in [2.24, 2.45) is 0 Å². The smallest absolute Gasteiger partial charge is 0.239 e. The van der Waals surface area contributed by atoms with Crippen LogP contribution >= 0.6 is 11.6 Å². The molecule has 2 rings (SSSR count). The van der Waals surface area contributed by atoms with E-state index < -0.39 is 0 Å². The lowest BCUT2D eigenvalue weighted by Gasteiger charge is -2.15. The maximum absolute atomic E-state index is 11.8. The van der Waals surface area contributed by atoms with Crippen LogP contribution in [0.25, 0.3) is 0 Å². The second-order valence-electron chi connectivity index (χ2n) is 5.11. The molecule has 1 N–H and O–H groups in total. The number of hydrogen-bond donors (Lipinski definition) is 1. The maximum Gasteiger partial charge on any atom is 0.239 e. The summed E-state index contributed by atoms with van der Waals surface area (Å²) in [6, 6.07) is 3.55. The molecule has 0 fully saturated rings. The molecule has 1 aliphatic heterocycles. The van der Waals surface area contributed by atoms with Gasteiger partial charge in [0.15, 0.2) is 11.5 Å². The molecule has 1 heterocycles. The van der Waals surface area contributed by atoms with Crippen LogP contribution in [0.3, 0.4) is 0 Å². The third-order valence-corrected chi connectivity index (χ3v) is 3.55. The molecule has 2 amide bonds. The average molecular weight is 327 g/mol. The van der Waals surface area contributed by atoms with E-state index in [1.54, 1.807) is 13.1 Å². The van der Waals surface area contributed by atoms with E-state index in [0.29, 0.717) is 36.3 Å². The summed E-state index contributed by atoms with van der Waals surface area (Å²) in [6.07, 6.45) is 0.800. The molecular weight excluding hydrogens is 308 g/mol. The van der Waals surface area contributed by atoms with Crippen molar-refractivity contribution in [3.63, 3.8) is 0 Å². The molecule has 0 saturated carbocycles. The Morgan fingerprint density at radius 1 is 1.32 bits per heavy atom. The first-order chi connectivity index (χ1) is 10.5. The van der Waals surface area contributed by atoms with E-state index in [9.17, 15) is 9.59 Å². The SMILES string of the molecule is CC(=O)N(C)CC(=O)NCc1cc(Cl)c2c(c1)OCCCO2. The van der Waals surface area contributed by atoms with E-state index in [1.165, 1.54) is 11.8 Å². The molecule has 1 aliphatic rings. The minimum atomic E-state index is -0.235. The lowest BCUT2D eigenvalue weighted by atomic mass is 10.2. The Morgan fingerprint density at radius 2 is 2.05 bits per heavy atom. The van der Waals surface area contributed by atoms with Crippen molar-refractivity contribution in [3.8, 4) is 11.5 Å². The summed E-state index contributed by atoms with van der Waals surface area (Å²) in [5, 5.41) is 3.21. The van der Waals surface area contributed by atoms with Gasteiger partial charge >= 0.3 is 0 Å². The highest BCUT2D eigenvalue weighted by Crippen LogP contribution is 2.37. The number of hydrogen-bond acceptors (Lipinski definition) is 4. The maximum atomic E-state index is 11.8. The molecule has 0 aliphatic carbocycles. The van der Waals surface area contributed by atoms with E-state index in [2.05, 4.69) is 5.32 Å². The fourth-order valence-electron chi connectivity index (χ4n) is 1.97. The summed E-state index contributed by atoms with van der Waals surface area (Å²) in [5.41, 5.74) is 0.813. The third-order valence-electron chi connectivity index (χ3n) is 3.27. The largest absolute Gasteiger partial charge is 0.489 e. The van der Waals surface area contributed by atoms with Crippen LogP contribution in [-0.4, -0.2) is 43.5 Å².